The third-order valence-corrected chi connectivity index (χ3v) is 8.06. The highest BCUT2D eigenvalue weighted by atomic mass is 16.3. The van der Waals surface area contributed by atoms with E-state index < -0.39 is 0 Å². The fourth-order valence-corrected chi connectivity index (χ4v) is 6.26. The molecule has 200 valence electrons. The zero-order valence-electron chi connectivity index (χ0n) is 22.9. The summed E-state index contributed by atoms with van der Waals surface area (Å²) in [4.78, 5) is 1.99. The van der Waals surface area contributed by atoms with E-state index in [1.807, 2.05) is 108 Å². The van der Waals surface area contributed by atoms with E-state index in [1.165, 1.54) is 0 Å². The van der Waals surface area contributed by atoms with Crippen LogP contribution >= 0.6 is 0 Å². The van der Waals surface area contributed by atoms with Crippen molar-refractivity contribution in [3.8, 4) is 17.8 Å². The van der Waals surface area contributed by atoms with Crippen LogP contribution in [-0.2, 0) is 0 Å². The molecule has 0 aliphatic carbocycles. The maximum absolute atomic E-state index is 10.9. The minimum atomic E-state index is 0.402. The van der Waals surface area contributed by atoms with Gasteiger partial charge >= 0.3 is 0 Å². The van der Waals surface area contributed by atoms with Crippen LogP contribution in [0.5, 0.6) is 0 Å². The Kier molecular flexibility index (Phi) is 5.50. The molecule has 2 heterocycles. The highest BCUT2D eigenvalue weighted by molar-refractivity contribution is 6.23. The molecule has 0 unspecified atom stereocenters. The van der Waals surface area contributed by atoms with E-state index >= 15 is 0 Å². The second-order valence-corrected chi connectivity index (χ2v) is 10.4. The van der Waals surface area contributed by atoms with Gasteiger partial charge in [0.15, 0.2) is 0 Å². The summed E-state index contributed by atoms with van der Waals surface area (Å²) in [6.45, 7) is 0. The maximum atomic E-state index is 10.9. The van der Waals surface area contributed by atoms with Gasteiger partial charge in [-0.05, 0) is 60.7 Å². The minimum absolute atomic E-state index is 0.402. The van der Waals surface area contributed by atoms with Crippen LogP contribution in [0, 0.1) is 22.7 Å². The molecular weight excluding hydrogens is 528 g/mol. The normalized spacial score (nSPS) is 11.2. The molecule has 5 heteroatoms. The highest BCUT2D eigenvalue weighted by Gasteiger charge is 2.26. The SMILES string of the molecule is N#Cc1ccc(-n2c3ccccc3c3c4oc5ccccc5c4ccc32)c(C#N)c1N(c1ccccc1)c1ccccc1. The molecule has 0 atom stereocenters. The van der Waals surface area contributed by atoms with Crippen LogP contribution in [0.3, 0.4) is 0 Å². The first-order valence-corrected chi connectivity index (χ1v) is 14.0. The van der Waals surface area contributed by atoms with Crippen LogP contribution in [0.1, 0.15) is 11.1 Å². The van der Waals surface area contributed by atoms with Gasteiger partial charge in [0.1, 0.15) is 28.9 Å². The first-order chi connectivity index (χ1) is 21.3. The summed E-state index contributed by atoms with van der Waals surface area (Å²) in [5.41, 5.74) is 7.26. The van der Waals surface area contributed by atoms with E-state index in [1.54, 1.807) is 0 Å². The Morgan fingerprint density at radius 3 is 1.91 bits per heavy atom. The molecule has 0 fully saturated rings. The van der Waals surface area contributed by atoms with Crippen LogP contribution in [0.15, 0.2) is 138 Å². The molecule has 0 spiro atoms. The molecule has 0 aliphatic rings. The molecule has 0 radical (unpaired) electrons. The van der Waals surface area contributed by atoms with Crippen LogP contribution < -0.4 is 4.90 Å². The summed E-state index contributed by atoms with van der Waals surface area (Å²) in [5.74, 6) is 0. The quantitative estimate of drug-likeness (QED) is 0.219. The Morgan fingerprint density at radius 1 is 0.558 bits per heavy atom. The predicted molar refractivity (Wildman–Crippen MR) is 172 cm³/mol. The Balaban J connectivity index is 1.49. The number of hydrogen-bond donors (Lipinski definition) is 0. The number of nitriles is 2. The van der Waals surface area contributed by atoms with Gasteiger partial charge in [-0.25, -0.2) is 0 Å². The van der Waals surface area contributed by atoms with Crippen molar-refractivity contribution < 1.29 is 4.42 Å². The molecule has 43 heavy (non-hydrogen) atoms. The third kappa shape index (κ3) is 3.63. The molecule has 0 aliphatic heterocycles. The number of aromatic nitrogens is 1. The van der Waals surface area contributed by atoms with Gasteiger partial charge in [-0.1, -0.05) is 72.8 Å². The van der Waals surface area contributed by atoms with E-state index in [2.05, 4.69) is 47.0 Å². The average Bonchev–Trinajstić information content (AvgIpc) is 3.61. The molecule has 0 amide bonds. The molecule has 0 bridgehead atoms. The second kappa shape index (κ2) is 9.66. The van der Waals surface area contributed by atoms with Crippen molar-refractivity contribution in [3.63, 3.8) is 0 Å². The summed E-state index contributed by atoms with van der Waals surface area (Å²) >= 11 is 0. The van der Waals surface area contributed by atoms with E-state index in [4.69, 9.17) is 4.42 Å². The number of para-hydroxylation sites is 4. The summed E-state index contributed by atoms with van der Waals surface area (Å²) < 4.78 is 8.58. The van der Waals surface area contributed by atoms with Gasteiger partial charge in [0.25, 0.3) is 0 Å². The zero-order valence-corrected chi connectivity index (χ0v) is 22.9. The summed E-state index contributed by atoms with van der Waals surface area (Å²) in [6.07, 6.45) is 0. The largest absolute Gasteiger partial charge is 0.455 e. The van der Waals surface area contributed by atoms with Crippen LogP contribution in [0.4, 0.5) is 17.1 Å². The van der Waals surface area contributed by atoms with Gasteiger partial charge in [0.05, 0.1) is 33.4 Å². The van der Waals surface area contributed by atoms with Crippen LogP contribution in [0.25, 0.3) is 49.4 Å². The standard InChI is InChI=1S/C38H22N4O/c39-23-25-19-21-33(31(24-40)37(25)41(26-11-3-1-4-12-26)27-13-5-2-6-14-27)42-32-17-9-7-16-30(32)36-34(42)22-20-29-28-15-8-10-18-35(28)43-38(29)36/h1-22H. The Morgan fingerprint density at radius 2 is 1.21 bits per heavy atom. The topological polar surface area (TPSA) is 68.9 Å². The molecule has 8 aromatic rings. The lowest BCUT2D eigenvalue weighted by Crippen LogP contribution is -2.14. The fraction of sp³-hybridized carbons (Fsp3) is 0. The number of anilines is 3. The molecular formula is C38H22N4O. The molecule has 5 nitrogen and oxygen atoms in total. The summed E-state index contributed by atoms with van der Waals surface area (Å²) in [6, 6.07) is 48.7. The Bertz CT molecular complexity index is 2380. The van der Waals surface area contributed by atoms with Crippen molar-refractivity contribution >= 4 is 60.8 Å². The molecule has 2 aromatic heterocycles. The van der Waals surface area contributed by atoms with Crippen molar-refractivity contribution in [2.24, 2.45) is 0 Å². The Labute approximate surface area is 247 Å². The van der Waals surface area contributed by atoms with Crippen molar-refractivity contribution in [1.29, 1.82) is 10.5 Å². The van der Waals surface area contributed by atoms with Gasteiger partial charge in [0, 0.05) is 27.5 Å². The number of fused-ring (bicyclic) bond motifs is 7. The van der Waals surface area contributed by atoms with Crippen molar-refractivity contribution in [2.45, 2.75) is 0 Å². The molecule has 0 N–H and O–H groups in total. The minimum Gasteiger partial charge on any atom is -0.455 e. The molecule has 8 rings (SSSR count). The smallest absolute Gasteiger partial charge is 0.145 e. The van der Waals surface area contributed by atoms with Crippen molar-refractivity contribution in [2.75, 3.05) is 4.90 Å². The van der Waals surface area contributed by atoms with E-state index in [9.17, 15) is 10.5 Å². The van der Waals surface area contributed by atoms with Crippen LogP contribution in [-0.4, -0.2) is 4.57 Å². The van der Waals surface area contributed by atoms with E-state index in [0.29, 0.717) is 22.5 Å². The highest BCUT2D eigenvalue weighted by Crippen LogP contribution is 2.44. The number of benzene rings is 6. The molecule has 6 aromatic carbocycles. The van der Waals surface area contributed by atoms with Gasteiger partial charge in [-0.2, -0.15) is 10.5 Å². The summed E-state index contributed by atoms with van der Waals surface area (Å²) in [7, 11) is 0. The monoisotopic (exact) mass is 550 g/mol. The number of nitrogens with zero attached hydrogens (tertiary/aromatic N) is 4. The van der Waals surface area contributed by atoms with Crippen molar-refractivity contribution in [3.05, 3.63) is 145 Å². The average molecular weight is 551 g/mol. The van der Waals surface area contributed by atoms with Gasteiger partial charge < -0.3 is 13.9 Å². The first-order valence-electron chi connectivity index (χ1n) is 14.0. The number of hydrogen-bond acceptors (Lipinski definition) is 4. The van der Waals surface area contributed by atoms with Crippen LogP contribution in [0.2, 0.25) is 0 Å². The number of rotatable bonds is 4. The van der Waals surface area contributed by atoms with E-state index in [0.717, 1.165) is 55.1 Å². The van der Waals surface area contributed by atoms with E-state index in [-0.39, 0.29) is 0 Å². The maximum Gasteiger partial charge on any atom is 0.145 e. The lowest BCUT2D eigenvalue weighted by Gasteiger charge is -2.28. The van der Waals surface area contributed by atoms with Crippen molar-refractivity contribution in [1.82, 2.24) is 4.57 Å². The Hall–Kier alpha value is -6.30. The lowest BCUT2D eigenvalue weighted by molar-refractivity contribution is 0.673. The predicted octanol–water partition coefficient (Wildman–Crippen LogP) is 9.90. The lowest BCUT2D eigenvalue weighted by atomic mass is 10.0. The summed E-state index contributed by atoms with van der Waals surface area (Å²) in [5, 5.41) is 25.3. The molecule has 0 saturated heterocycles. The molecule has 0 saturated carbocycles. The fourth-order valence-electron chi connectivity index (χ4n) is 6.26. The first kappa shape index (κ1) is 24.5. The van der Waals surface area contributed by atoms with Gasteiger partial charge in [-0.3, -0.25) is 0 Å². The number of furan rings is 1. The third-order valence-electron chi connectivity index (χ3n) is 8.06. The van der Waals surface area contributed by atoms with Gasteiger partial charge in [0.2, 0.25) is 0 Å². The second-order valence-electron chi connectivity index (χ2n) is 10.4. The zero-order chi connectivity index (χ0) is 28.9. The van der Waals surface area contributed by atoms with Gasteiger partial charge in [-0.15, -0.1) is 0 Å².